The quantitative estimate of drug-likeness (QED) is 0.861. The Labute approximate surface area is 112 Å². The smallest absolute Gasteiger partial charge is 0.123 e. The zero-order valence-electron chi connectivity index (χ0n) is 11.0. The Kier molecular flexibility index (Phi) is 5.14. The molecule has 0 saturated heterocycles. The predicted octanol–water partition coefficient (Wildman–Crippen LogP) is 4.15. The van der Waals surface area contributed by atoms with E-state index in [1.807, 2.05) is 0 Å². The van der Waals surface area contributed by atoms with Crippen LogP contribution in [0.25, 0.3) is 0 Å². The Bertz CT molecular complexity index is 374. The maximum Gasteiger partial charge on any atom is 0.123 e. The molecule has 0 aliphatic heterocycles. The Morgan fingerprint density at radius 2 is 2.00 bits per heavy atom. The van der Waals surface area contributed by atoms with E-state index in [1.165, 1.54) is 6.07 Å². The molecule has 96 valence electrons. The van der Waals surface area contributed by atoms with E-state index in [0.717, 1.165) is 23.0 Å². The highest BCUT2D eigenvalue weighted by atomic mass is 79.9. The molecule has 0 atom stereocenters. The number of hydrogen-bond acceptors (Lipinski definition) is 1. The van der Waals surface area contributed by atoms with Crippen LogP contribution in [-0.2, 0) is 6.42 Å². The molecule has 1 aromatic carbocycles. The van der Waals surface area contributed by atoms with E-state index in [0.29, 0.717) is 6.04 Å². The fourth-order valence-electron chi connectivity index (χ4n) is 1.74. The molecule has 0 unspecified atom stereocenters. The predicted molar refractivity (Wildman–Crippen MR) is 74.7 cm³/mol. The maximum absolute atomic E-state index is 13.2. The van der Waals surface area contributed by atoms with Gasteiger partial charge in [-0.2, -0.15) is 0 Å². The lowest BCUT2D eigenvalue weighted by molar-refractivity contribution is 0.325. The van der Waals surface area contributed by atoms with Crippen molar-refractivity contribution in [2.45, 2.75) is 40.2 Å². The average molecular weight is 302 g/mol. The highest BCUT2D eigenvalue weighted by Gasteiger charge is 2.20. The summed E-state index contributed by atoms with van der Waals surface area (Å²) in [6, 6.07) is 5.34. The number of nitrogens with one attached hydrogen (secondary N) is 1. The van der Waals surface area contributed by atoms with Crippen LogP contribution in [0.2, 0.25) is 0 Å². The van der Waals surface area contributed by atoms with Crippen molar-refractivity contribution in [2.75, 3.05) is 6.54 Å². The number of halogens is 2. The number of hydrogen-bond donors (Lipinski definition) is 1. The summed E-state index contributed by atoms with van der Waals surface area (Å²) >= 11 is 3.48. The zero-order valence-corrected chi connectivity index (χ0v) is 12.6. The highest BCUT2D eigenvalue weighted by molar-refractivity contribution is 9.10. The molecule has 0 radical (unpaired) electrons. The summed E-state index contributed by atoms with van der Waals surface area (Å²) in [5, 5.41) is 3.43. The minimum atomic E-state index is -0.171. The highest BCUT2D eigenvalue weighted by Crippen LogP contribution is 2.27. The van der Waals surface area contributed by atoms with E-state index in [4.69, 9.17) is 0 Å². The van der Waals surface area contributed by atoms with Crippen LogP contribution in [0.15, 0.2) is 22.7 Å². The Morgan fingerprint density at radius 1 is 1.35 bits per heavy atom. The molecule has 1 nitrogen and oxygen atoms in total. The van der Waals surface area contributed by atoms with Crippen molar-refractivity contribution < 1.29 is 4.39 Å². The molecular weight excluding hydrogens is 281 g/mol. The summed E-state index contributed by atoms with van der Waals surface area (Å²) in [5.74, 6) is -0.171. The maximum atomic E-state index is 13.2. The van der Waals surface area contributed by atoms with Gasteiger partial charge in [-0.05, 0) is 35.6 Å². The normalized spacial score (nSPS) is 12.2. The second kappa shape index (κ2) is 5.96. The summed E-state index contributed by atoms with van der Waals surface area (Å²) in [7, 11) is 0. The van der Waals surface area contributed by atoms with Crippen LogP contribution < -0.4 is 5.32 Å². The Hall–Kier alpha value is -0.410. The first-order chi connectivity index (χ1) is 7.80. The number of rotatable bonds is 5. The molecule has 0 bridgehead atoms. The van der Waals surface area contributed by atoms with Gasteiger partial charge in [0.2, 0.25) is 0 Å². The first-order valence-electron chi connectivity index (χ1n) is 5.97. The van der Waals surface area contributed by atoms with Crippen molar-refractivity contribution in [3.63, 3.8) is 0 Å². The molecule has 17 heavy (non-hydrogen) atoms. The van der Waals surface area contributed by atoms with Crippen molar-refractivity contribution >= 4 is 15.9 Å². The van der Waals surface area contributed by atoms with Crippen LogP contribution in [0.4, 0.5) is 4.39 Å². The molecule has 3 heteroatoms. The molecule has 0 aliphatic carbocycles. The third kappa shape index (κ3) is 5.17. The van der Waals surface area contributed by atoms with E-state index < -0.39 is 0 Å². The molecule has 0 aliphatic rings. The summed E-state index contributed by atoms with van der Waals surface area (Å²) in [5.41, 5.74) is 1.14. The Balaban J connectivity index is 2.71. The first kappa shape index (κ1) is 14.7. The average Bonchev–Trinajstić information content (AvgIpc) is 2.20. The third-order valence-electron chi connectivity index (χ3n) is 2.67. The third-order valence-corrected chi connectivity index (χ3v) is 3.44. The van der Waals surface area contributed by atoms with E-state index in [2.05, 4.69) is 48.9 Å². The zero-order chi connectivity index (χ0) is 13.1. The molecule has 0 heterocycles. The fraction of sp³-hybridized carbons (Fsp3) is 0.571. The van der Waals surface area contributed by atoms with Crippen LogP contribution in [-0.4, -0.2) is 12.6 Å². The van der Waals surface area contributed by atoms with Crippen LogP contribution >= 0.6 is 15.9 Å². The lowest BCUT2D eigenvalue weighted by Crippen LogP contribution is -2.35. The molecule has 0 amide bonds. The van der Waals surface area contributed by atoms with Gasteiger partial charge in [-0.1, -0.05) is 43.6 Å². The van der Waals surface area contributed by atoms with Gasteiger partial charge in [-0.15, -0.1) is 0 Å². The van der Waals surface area contributed by atoms with E-state index in [1.54, 1.807) is 12.1 Å². The minimum Gasteiger partial charge on any atom is -0.314 e. The van der Waals surface area contributed by atoms with E-state index in [-0.39, 0.29) is 11.2 Å². The van der Waals surface area contributed by atoms with Gasteiger partial charge >= 0.3 is 0 Å². The van der Waals surface area contributed by atoms with Gasteiger partial charge in [0.15, 0.2) is 0 Å². The molecule has 0 spiro atoms. The van der Waals surface area contributed by atoms with Gasteiger partial charge < -0.3 is 5.32 Å². The van der Waals surface area contributed by atoms with Crippen LogP contribution in [0.3, 0.4) is 0 Å². The fourth-order valence-corrected chi connectivity index (χ4v) is 2.12. The van der Waals surface area contributed by atoms with Gasteiger partial charge in [0.1, 0.15) is 5.82 Å². The minimum absolute atomic E-state index is 0.112. The van der Waals surface area contributed by atoms with Gasteiger partial charge in [0.05, 0.1) is 0 Å². The molecule has 1 rings (SSSR count). The van der Waals surface area contributed by atoms with Crippen molar-refractivity contribution in [3.8, 4) is 0 Å². The topological polar surface area (TPSA) is 12.0 Å². The SMILES string of the molecule is CC(C)NCC(C)(C)Cc1cc(F)ccc1Br. The summed E-state index contributed by atoms with van der Waals surface area (Å²) in [6.45, 7) is 9.58. The molecule has 1 aromatic rings. The summed E-state index contributed by atoms with van der Waals surface area (Å²) in [4.78, 5) is 0. The molecule has 1 N–H and O–H groups in total. The van der Waals surface area contributed by atoms with Gasteiger partial charge in [-0.3, -0.25) is 0 Å². The molecular formula is C14H21BrFN. The van der Waals surface area contributed by atoms with Crippen molar-refractivity contribution in [2.24, 2.45) is 5.41 Å². The lowest BCUT2D eigenvalue weighted by atomic mass is 9.85. The standard InChI is InChI=1S/C14H21BrFN/c1-10(2)17-9-14(3,4)8-11-7-12(16)5-6-13(11)15/h5-7,10,17H,8-9H2,1-4H3. The first-order valence-corrected chi connectivity index (χ1v) is 6.77. The molecule has 0 saturated carbocycles. The second-order valence-corrected chi connectivity index (χ2v) is 6.47. The molecule has 0 aromatic heterocycles. The second-order valence-electron chi connectivity index (χ2n) is 5.61. The summed E-state index contributed by atoms with van der Waals surface area (Å²) in [6.07, 6.45) is 0.852. The van der Waals surface area contributed by atoms with Crippen molar-refractivity contribution in [1.82, 2.24) is 5.32 Å². The Morgan fingerprint density at radius 3 is 2.59 bits per heavy atom. The van der Waals surface area contributed by atoms with Crippen molar-refractivity contribution in [3.05, 3.63) is 34.1 Å². The van der Waals surface area contributed by atoms with Crippen LogP contribution in [0.1, 0.15) is 33.3 Å². The van der Waals surface area contributed by atoms with Crippen molar-refractivity contribution in [1.29, 1.82) is 0 Å². The monoisotopic (exact) mass is 301 g/mol. The van der Waals surface area contributed by atoms with Gasteiger partial charge in [-0.25, -0.2) is 4.39 Å². The van der Waals surface area contributed by atoms with Crippen LogP contribution in [0, 0.1) is 11.2 Å². The van der Waals surface area contributed by atoms with Crippen LogP contribution in [0.5, 0.6) is 0 Å². The number of benzene rings is 1. The van der Waals surface area contributed by atoms with E-state index >= 15 is 0 Å². The summed E-state index contributed by atoms with van der Waals surface area (Å²) < 4.78 is 14.2. The lowest BCUT2D eigenvalue weighted by Gasteiger charge is -2.27. The largest absolute Gasteiger partial charge is 0.314 e. The molecule has 0 fully saturated rings. The van der Waals surface area contributed by atoms with Gasteiger partial charge in [0, 0.05) is 17.1 Å². The van der Waals surface area contributed by atoms with E-state index in [9.17, 15) is 4.39 Å². The van der Waals surface area contributed by atoms with Gasteiger partial charge in [0.25, 0.3) is 0 Å².